The zero-order valence-electron chi connectivity index (χ0n) is 36.4. The lowest BCUT2D eigenvalue weighted by molar-refractivity contribution is -0.173. The first-order valence-electron chi connectivity index (χ1n) is 21.3. The summed E-state index contributed by atoms with van der Waals surface area (Å²) in [5.41, 5.74) is 9.15. The number of ether oxygens (including phenoxy) is 1. The van der Waals surface area contributed by atoms with Gasteiger partial charge in [-0.05, 0) is 84.1 Å². The number of hydrogen-bond donors (Lipinski definition) is 3. The van der Waals surface area contributed by atoms with E-state index in [0.717, 1.165) is 44.6 Å². The Morgan fingerprint density at radius 1 is 0.621 bits per heavy atom. The molecule has 0 radical (unpaired) electrons. The summed E-state index contributed by atoms with van der Waals surface area (Å²) in [7, 11) is 1.96. The molecule has 0 aliphatic carbocycles. The first kappa shape index (κ1) is 48.0. The van der Waals surface area contributed by atoms with Crippen molar-refractivity contribution in [2.75, 3.05) is 32.1 Å². The quantitative estimate of drug-likeness (QED) is 0.0307. The van der Waals surface area contributed by atoms with Gasteiger partial charge >= 0.3 is 18.1 Å². The van der Waals surface area contributed by atoms with Crippen molar-refractivity contribution in [2.45, 2.75) is 51.6 Å². The van der Waals surface area contributed by atoms with E-state index in [9.17, 15) is 22.8 Å². The molecule has 3 N–H and O–H groups in total. The Bertz CT molecular complexity index is 2550. The fourth-order valence-electron chi connectivity index (χ4n) is 6.89. The smallest absolute Gasteiger partial charge is 0.425 e. The topological polar surface area (TPSA) is 142 Å². The Morgan fingerprint density at radius 3 is 1.77 bits per heavy atom. The highest BCUT2D eigenvalue weighted by molar-refractivity contribution is 6.13. The number of likely N-dealkylation sites (N-methyl/N-ethyl adjacent to an activating group) is 1. The van der Waals surface area contributed by atoms with Gasteiger partial charge in [-0.1, -0.05) is 126 Å². The minimum Gasteiger partial charge on any atom is -0.489 e. The Morgan fingerprint density at radius 2 is 1.18 bits per heavy atom. The predicted octanol–water partition coefficient (Wildman–Crippen LogP) is 10.1. The predicted molar refractivity (Wildman–Crippen MR) is 248 cm³/mol. The van der Waals surface area contributed by atoms with Gasteiger partial charge in [0.1, 0.15) is 30.4 Å². The highest BCUT2D eigenvalue weighted by atomic mass is 19.4. The monoisotopic (exact) mass is 900 g/mol. The zero-order valence-corrected chi connectivity index (χ0v) is 36.4. The lowest BCUT2D eigenvalue weighted by Crippen LogP contribution is -2.23. The zero-order chi connectivity index (χ0) is 46.7. The summed E-state index contributed by atoms with van der Waals surface area (Å²) in [6.07, 6.45) is -3.60. The highest BCUT2D eigenvalue weighted by Crippen LogP contribution is 2.23. The van der Waals surface area contributed by atoms with E-state index in [4.69, 9.17) is 24.6 Å². The molecule has 0 aromatic heterocycles. The molecule has 0 saturated carbocycles. The minimum atomic E-state index is -4.56. The van der Waals surface area contributed by atoms with Crippen molar-refractivity contribution in [3.05, 3.63) is 202 Å². The number of rotatable bonds is 24. The molecule has 0 fully saturated rings. The van der Waals surface area contributed by atoms with Crippen molar-refractivity contribution in [2.24, 2.45) is 10.3 Å². The Hall–Kier alpha value is -7.45. The fourth-order valence-corrected chi connectivity index (χ4v) is 6.89. The maximum atomic E-state index is 13.1. The van der Waals surface area contributed by atoms with Crippen LogP contribution in [-0.2, 0) is 51.8 Å². The second-order valence-electron chi connectivity index (χ2n) is 15.5. The number of carboxylic acids is 2. The van der Waals surface area contributed by atoms with E-state index in [2.05, 4.69) is 20.5 Å². The molecule has 14 heteroatoms. The van der Waals surface area contributed by atoms with Gasteiger partial charge in [-0.25, -0.2) is 0 Å². The molecule has 0 aliphatic rings. The molecular weight excluding hydrogens is 850 g/mol. The highest BCUT2D eigenvalue weighted by Gasteiger charge is 2.29. The van der Waals surface area contributed by atoms with Crippen LogP contribution in [0.2, 0.25) is 0 Å². The van der Waals surface area contributed by atoms with Crippen LogP contribution in [0.4, 0.5) is 18.9 Å². The molecule has 0 amide bonds. The maximum Gasteiger partial charge on any atom is 0.425 e. The van der Waals surface area contributed by atoms with Crippen LogP contribution in [0.3, 0.4) is 0 Å². The normalized spacial score (nSPS) is 11.9. The van der Waals surface area contributed by atoms with Gasteiger partial charge in [0.05, 0.1) is 0 Å². The van der Waals surface area contributed by atoms with Crippen molar-refractivity contribution >= 4 is 29.0 Å². The van der Waals surface area contributed by atoms with Crippen LogP contribution in [0.15, 0.2) is 162 Å². The van der Waals surface area contributed by atoms with Gasteiger partial charge in [0, 0.05) is 60.4 Å². The summed E-state index contributed by atoms with van der Waals surface area (Å²) in [6.45, 7) is 0.409. The molecule has 342 valence electrons. The van der Waals surface area contributed by atoms with Gasteiger partial charge in [-0.2, -0.15) is 13.2 Å². The second-order valence-corrected chi connectivity index (χ2v) is 15.5. The second kappa shape index (κ2) is 24.0. The number of hydrogen-bond acceptors (Lipinski definition) is 9. The van der Waals surface area contributed by atoms with E-state index in [1.165, 1.54) is 0 Å². The molecule has 0 unspecified atom stereocenters. The number of nitrogens with one attached hydrogen (secondary N) is 1. The average Bonchev–Trinajstić information content (AvgIpc) is 3.31. The van der Waals surface area contributed by atoms with E-state index in [-0.39, 0.29) is 25.2 Å². The van der Waals surface area contributed by atoms with Gasteiger partial charge in [0.15, 0.2) is 0 Å². The minimum absolute atomic E-state index is 0.0301. The van der Waals surface area contributed by atoms with Crippen LogP contribution in [0.5, 0.6) is 5.75 Å². The van der Waals surface area contributed by atoms with Crippen molar-refractivity contribution in [1.29, 1.82) is 0 Å². The largest absolute Gasteiger partial charge is 0.489 e. The van der Waals surface area contributed by atoms with Gasteiger partial charge in [0.25, 0.3) is 0 Å². The van der Waals surface area contributed by atoms with Crippen molar-refractivity contribution in [3.8, 4) is 5.75 Å². The number of aliphatic carboxylic acids is 2. The van der Waals surface area contributed by atoms with E-state index >= 15 is 0 Å². The molecule has 0 aliphatic heterocycles. The van der Waals surface area contributed by atoms with E-state index < -0.39 is 24.7 Å². The van der Waals surface area contributed by atoms with Gasteiger partial charge < -0.3 is 29.9 Å². The van der Waals surface area contributed by atoms with Gasteiger partial charge in [0.2, 0.25) is 6.61 Å². The maximum absolute atomic E-state index is 13.1. The lowest BCUT2D eigenvalue weighted by atomic mass is 9.97. The number of nitrogens with zero attached hydrogens (tertiary/aromatic N) is 3. The van der Waals surface area contributed by atoms with Crippen LogP contribution in [0.1, 0.15) is 62.9 Å². The average molecular weight is 901 g/mol. The Balaban J connectivity index is 1.16. The van der Waals surface area contributed by atoms with Crippen molar-refractivity contribution < 1.29 is 47.4 Å². The van der Waals surface area contributed by atoms with Crippen LogP contribution in [-0.4, -0.2) is 71.5 Å². The summed E-state index contributed by atoms with van der Waals surface area (Å²) in [4.78, 5) is 34.9. The third-order valence-electron chi connectivity index (χ3n) is 10.3. The summed E-state index contributed by atoms with van der Waals surface area (Å²) < 4.78 is 45.3. The van der Waals surface area contributed by atoms with Gasteiger partial charge in [-0.15, -0.1) is 0 Å². The first-order valence-corrected chi connectivity index (χ1v) is 21.3. The Labute approximate surface area is 381 Å². The molecule has 0 bridgehead atoms. The number of carboxylic acid groups (broad SMARTS) is 2. The molecule has 6 aromatic rings. The van der Waals surface area contributed by atoms with E-state index in [0.29, 0.717) is 61.7 Å². The number of halogens is 3. The van der Waals surface area contributed by atoms with Crippen LogP contribution in [0.25, 0.3) is 0 Å². The Kier molecular flexibility index (Phi) is 17.5. The van der Waals surface area contributed by atoms with Gasteiger partial charge in [-0.3, -0.25) is 14.5 Å². The summed E-state index contributed by atoms with van der Waals surface area (Å²) in [5.74, 6) is -1.03. The van der Waals surface area contributed by atoms with E-state index in [1.54, 1.807) is 24.3 Å². The molecule has 11 nitrogen and oxygen atoms in total. The fraction of sp³-hybridized carbons (Fsp3) is 0.231. The standard InChI is InChI=1S/C52H51F3N4O7/c1-59(29-30-65-57-50(40-10-4-2-5-11-40)42-14-8-9-39(31-42)35-64-47-25-17-38(18-26-47)20-28-49(62)63)34-44-22-21-43(51(41-12-6-3-7-13-41)58-66-36-52(53,54)55)32-45(44)33-56-46-23-15-37(16-24-46)19-27-48(60)61/h2-18,21-26,31-32,56H,19-20,27-30,33-36H2,1H3,(H,60,61)(H,62,63)/b57-50-,58-51-. The van der Waals surface area contributed by atoms with Crippen LogP contribution >= 0.6 is 0 Å². The van der Waals surface area contributed by atoms with Crippen molar-refractivity contribution in [1.82, 2.24) is 4.90 Å². The first-order chi connectivity index (χ1) is 31.9. The van der Waals surface area contributed by atoms with E-state index in [1.807, 2.05) is 134 Å². The molecule has 6 aromatic carbocycles. The third kappa shape index (κ3) is 15.7. The van der Waals surface area contributed by atoms with Crippen LogP contribution < -0.4 is 10.1 Å². The number of oxime groups is 2. The number of benzene rings is 6. The summed E-state index contributed by atoms with van der Waals surface area (Å²) in [5, 5.41) is 30.1. The molecule has 0 spiro atoms. The SMILES string of the molecule is CN(CCO/N=C(/c1ccccc1)c1cccc(COc2ccc(CCC(=O)O)cc2)c1)Cc1ccc(/C(=N\OCC(F)(F)F)c2ccccc2)cc1CNc1ccc(CCC(=O)O)cc1. The number of anilines is 1. The van der Waals surface area contributed by atoms with Crippen LogP contribution in [0, 0.1) is 0 Å². The molecule has 0 atom stereocenters. The molecular formula is C52H51F3N4O7. The lowest BCUT2D eigenvalue weighted by Gasteiger charge is -2.20. The molecule has 0 heterocycles. The third-order valence-corrected chi connectivity index (χ3v) is 10.3. The molecule has 66 heavy (non-hydrogen) atoms. The summed E-state index contributed by atoms with van der Waals surface area (Å²) >= 11 is 0. The van der Waals surface area contributed by atoms with Crippen molar-refractivity contribution in [3.63, 3.8) is 0 Å². The molecule has 6 rings (SSSR count). The number of carbonyl (C=O) groups is 2. The number of alkyl halides is 3. The summed E-state index contributed by atoms with van der Waals surface area (Å²) in [6, 6.07) is 47.1. The molecule has 0 saturated heterocycles. The number of aryl methyl sites for hydroxylation is 2.